The van der Waals surface area contributed by atoms with Gasteiger partial charge in [0.25, 0.3) is 0 Å². The molecule has 154 valence electrons. The molecule has 0 saturated heterocycles. The summed E-state index contributed by atoms with van der Waals surface area (Å²) in [5.74, 6) is 0.00354. The second-order valence-electron chi connectivity index (χ2n) is 7.66. The van der Waals surface area contributed by atoms with Gasteiger partial charge >= 0.3 is 0 Å². The number of sulfonamides is 1. The summed E-state index contributed by atoms with van der Waals surface area (Å²) in [5, 5.41) is 0. The topological polar surface area (TPSA) is 66.5 Å². The molecule has 0 aliphatic carbocycles. The van der Waals surface area contributed by atoms with Crippen molar-refractivity contribution in [3.63, 3.8) is 0 Å². The Morgan fingerprint density at radius 2 is 1.67 bits per heavy atom. The molecule has 0 fully saturated rings. The van der Waals surface area contributed by atoms with Gasteiger partial charge in [-0.2, -0.15) is 0 Å². The van der Waals surface area contributed by atoms with Crippen molar-refractivity contribution < 1.29 is 13.2 Å². The highest BCUT2D eigenvalue weighted by atomic mass is 32.2. The van der Waals surface area contributed by atoms with Crippen molar-refractivity contribution in [3.8, 4) is 0 Å². The van der Waals surface area contributed by atoms with Gasteiger partial charge in [0.05, 0.1) is 12.3 Å². The number of fused-ring (bicyclic) bond motifs is 1. The van der Waals surface area contributed by atoms with Crippen LogP contribution in [0.4, 0.5) is 11.4 Å². The SMILES string of the molecule is Cc1cccc(CS(=O)(=O)Nc2ccc3c(c2)CCC(=O)N3Cc2ccccc2)c1. The Kier molecular flexibility index (Phi) is 5.59. The van der Waals surface area contributed by atoms with E-state index in [4.69, 9.17) is 0 Å². The summed E-state index contributed by atoms with van der Waals surface area (Å²) in [6.07, 6.45) is 1.02. The summed E-state index contributed by atoms with van der Waals surface area (Å²) >= 11 is 0. The van der Waals surface area contributed by atoms with E-state index in [2.05, 4.69) is 4.72 Å². The largest absolute Gasteiger partial charge is 0.308 e. The maximum absolute atomic E-state index is 12.6. The van der Waals surface area contributed by atoms with Gasteiger partial charge in [-0.25, -0.2) is 8.42 Å². The van der Waals surface area contributed by atoms with Crippen molar-refractivity contribution in [1.29, 1.82) is 0 Å². The van der Waals surface area contributed by atoms with Crippen molar-refractivity contribution in [2.24, 2.45) is 0 Å². The fourth-order valence-electron chi connectivity index (χ4n) is 3.80. The van der Waals surface area contributed by atoms with E-state index in [0.29, 0.717) is 25.1 Å². The standard InChI is InChI=1S/C24H24N2O3S/c1-18-6-5-9-20(14-18)17-30(28,29)25-22-11-12-23-21(15-22)10-13-24(27)26(23)16-19-7-3-2-4-8-19/h2-9,11-12,14-15,25H,10,13,16-17H2,1H3. The van der Waals surface area contributed by atoms with Crippen LogP contribution in [0.5, 0.6) is 0 Å². The molecule has 1 aliphatic rings. The van der Waals surface area contributed by atoms with E-state index >= 15 is 0 Å². The quantitative estimate of drug-likeness (QED) is 0.642. The van der Waals surface area contributed by atoms with E-state index in [0.717, 1.165) is 27.9 Å². The molecule has 3 aromatic carbocycles. The van der Waals surface area contributed by atoms with Crippen LogP contribution >= 0.6 is 0 Å². The predicted octanol–water partition coefficient (Wildman–Crippen LogP) is 4.42. The third kappa shape index (κ3) is 4.71. The second kappa shape index (κ2) is 8.32. The Hall–Kier alpha value is -3.12. The lowest BCUT2D eigenvalue weighted by Gasteiger charge is -2.30. The number of amides is 1. The van der Waals surface area contributed by atoms with Crippen LogP contribution in [-0.4, -0.2) is 14.3 Å². The molecule has 3 aromatic rings. The van der Waals surface area contributed by atoms with Gasteiger partial charge in [0.2, 0.25) is 15.9 Å². The summed E-state index contributed by atoms with van der Waals surface area (Å²) in [5.41, 5.74) is 5.18. The number of aryl methyl sites for hydroxylation is 2. The van der Waals surface area contributed by atoms with Gasteiger partial charge in [0, 0.05) is 17.8 Å². The lowest BCUT2D eigenvalue weighted by molar-refractivity contribution is -0.119. The van der Waals surface area contributed by atoms with Crippen LogP contribution in [-0.2, 0) is 33.5 Å². The zero-order valence-electron chi connectivity index (χ0n) is 16.8. The first-order valence-corrected chi connectivity index (χ1v) is 11.6. The molecule has 1 aliphatic heterocycles. The molecule has 5 nitrogen and oxygen atoms in total. The molecule has 0 radical (unpaired) electrons. The lowest BCUT2D eigenvalue weighted by Crippen LogP contribution is -2.34. The van der Waals surface area contributed by atoms with Crippen LogP contribution in [0.2, 0.25) is 0 Å². The number of carbonyl (C=O) groups is 1. The highest BCUT2D eigenvalue weighted by Crippen LogP contribution is 2.32. The molecule has 1 heterocycles. The van der Waals surface area contributed by atoms with Gasteiger partial charge in [-0.15, -0.1) is 0 Å². The van der Waals surface area contributed by atoms with Gasteiger partial charge in [0.1, 0.15) is 0 Å². The summed E-state index contributed by atoms with van der Waals surface area (Å²) in [4.78, 5) is 14.3. The number of rotatable bonds is 6. The minimum absolute atomic E-state index is 0.0790. The third-order valence-corrected chi connectivity index (χ3v) is 6.44. The molecule has 0 atom stereocenters. The zero-order chi connectivity index (χ0) is 21.1. The van der Waals surface area contributed by atoms with Crippen molar-refractivity contribution in [3.05, 3.63) is 95.1 Å². The molecule has 0 unspecified atom stereocenters. The molecular formula is C24H24N2O3S. The Balaban J connectivity index is 1.54. The summed E-state index contributed by atoms with van der Waals surface area (Å²) < 4.78 is 27.9. The van der Waals surface area contributed by atoms with Crippen LogP contribution in [0.1, 0.15) is 28.7 Å². The molecule has 0 spiro atoms. The fourth-order valence-corrected chi connectivity index (χ4v) is 4.98. The fraction of sp³-hybridized carbons (Fsp3) is 0.208. The van der Waals surface area contributed by atoms with Gasteiger partial charge in [-0.1, -0.05) is 60.2 Å². The average Bonchev–Trinajstić information content (AvgIpc) is 2.70. The first-order valence-electron chi connectivity index (χ1n) is 9.93. The summed E-state index contributed by atoms with van der Waals surface area (Å²) in [6, 6.07) is 22.7. The average molecular weight is 421 g/mol. The molecule has 1 N–H and O–H groups in total. The van der Waals surface area contributed by atoms with E-state index in [-0.39, 0.29) is 11.7 Å². The first-order chi connectivity index (χ1) is 14.4. The third-order valence-electron chi connectivity index (χ3n) is 5.18. The van der Waals surface area contributed by atoms with Gasteiger partial charge in [-0.05, 0) is 48.2 Å². The van der Waals surface area contributed by atoms with Gasteiger partial charge in [0.15, 0.2) is 0 Å². The summed E-state index contributed by atoms with van der Waals surface area (Å²) in [6.45, 7) is 2.45. The van der Waals surface area contributed by atoms with E-state index < -0.39 is 10.0 Å². The first kappa shape index (κ1) is 20.2. The Labute approximate surface area is 177 Å². The molecule has 6 heteroatoms. The number of carbonyl (C=O) groups excluding carboxylic acids is 1. The van der Waals surface area contributed by atoms with Crippen molar-refractivity contribution in [2.75, 3.05) is 9.62 Å². The molecule has 30 heavy (non-hydrogen) atoms. The number of hydrogen-bond acceptors (Lipinski definition) is 3. The Bertz CT molecular complexity index is 1170. The highest BCUT2D eigenvalue weighted by Gasteiger charge is 2.25. The number of nitrogens with zero attached hydrogens (tertiary/aromatic N) is 1. The smallest absolute Gasteiger partial charge is 0.236 e. The van der Waals surface area contributed by atoms with E-state index in [1.165, 1.54) is 0 Å². The van der Waals surface area contributed by atoms with Crippen molar-refractivity contribution in [1.82, 2.24) is 0 Å². The Morgan fingerprint density at radius 1 is 0.900 bits per heavy atom. The number of anilines is 2. The van der Waals surface area contributed by atoms with Crippen LogP contribution in [0, 0.1) is 6.92 Å². The number of nitrogens with one attached hydrogen (secondary N) is 1. The minimum Gasteiger partial charge on any atom is -0.308 e. The summed E-state index contributed by atoms with van der Waals surface area (Å²) in [7, 11) is -3.53. The van der Waals surface area contributed by atoms with Gasteiger partial charge < -0.3 is 4.90 Å². The van der Waals surface area contributed by atoms with Crippen LogP contribution < -0.4 is 9.62 Å². The Morgan fingerprint density at radius 3 is 2.43 bits per heavy atom. The van der Waals surface area contributed by atoms with Gasteiger partial charge in [-0.3, -0.25) is 9.52 Å². The number of benzene rings is 3. The van der Waals surface area contributed by atoms with E-state index in [9.17, 15) is 13.2 Å². The van der Waals surface area contributed by atoms with Crippen LogP contribution in [0.25, 0.3) is 0 Å². The molecule has 0 bridgehead atoms. The predicted molar refractivity (Wildman–Crippen MR) is 120 cm³/mol. The zero-order valence-corrected chi connectivity index (χ0v) is 17.7. The monoisotopic (exact) mass is 420 g/mol. The van der Waals surface area contributed by atoms with Crippen LogP contribution in [0.3, 0.4) is 0 Å². The molecule has 0 aromatic heterocycles. The minimum atomic E-state index is -3.53. The van der Waals surface area contributed by atoms with Crippen molar-refractivity contribution in [2.45, 2.75) is 32.1 Å². The highest BCUT2D eigenvalue weighted by molar-refractivity contribution is 7.91. The van der Waals surface area contributed by atoms with Crippen molar-refractivity contribution >= 4 is 27.3 Å². The molecular weight excluding hydrogens is 396 g/mol. The second-order valence-corrected chi connectivity index (χ2v) is 9.38. The molecule has 0 saturated carbocycles. The van der Waals surface area contributed by atoms with Crippen LogP contribution in [0.15, 0.2) is 72.8 Å². The van der Waals surface area contributed by atoms with E-state index in [1.807, 2.05) is 73.7 Å². The molecule has 1 amide bonds. The lowest BCUT2D eigenvalue weighted by atomic mass is 10.00. The normalized spacial score (nSPS) is 13.8. The maximum Gasteiger partial charge on any atom is 0.236 e. The number of hydrogen-bond donors (Lipinski definition) is 1. The van der Waals surface area contributed by atoms with E-state index in [1.54, 1.807) is 11.0 Å². The maximum atomic E-state index is 12.6. The molecule has 4 rings (SSSR count).